The van der Waals surface area contributed by atoms with Crippen LogP contribution < -0.4 is 5.32 Å². The Labute approximate surface area is 69.3 Å². The third-order valence-corrected chi connectivity index (χ3v) is 2.03. The molecule has 0 aliphatic carbocycles. The highest BCUT2D eigenvalue weighted by Gasteiger charge is 2.12. The predicted molar refractivity (Wildman–Crippen MR) is 46.7 cm³/mol. The second-order valence-electron chi connectivity index (χ2n) is 3.55. The standard InChI is InChI=1S/C9H19NO/c1-8(2)10-7-9-5-3-4-6-11-9/h8-10H,3-7H2,1-2H3. The van der Waals surface area contributed by atoms with E-state index >= 15 is 0 Å². The van der Waals surface area contributed by atoms with Crippen LogP contribution in [0.5, 0.6) is 0 Å². The Balaban J connectivity index is 2.05. The van der Waals surface area contributed by atoms with Gasteiger partial charge in [-0.3, -0.25) is 0 Å². The van der Waals surface area contributed by atoms with Gasteiger partial charge >= 0.3 is 0 Å². The van der Waals surface area contributed by atoms with Gasteiger partial charge in [-0.15, -0.1) is 0 Å². The van der Waals surface area contributed by atoms with E-state index in [1.165, 1.54) is 19.3 Å². The molecule has 0 saturated carbocycles. The minimum atomic E-state index is 0.478. The summed E-state index contributed by atoms with van der Waals surface area (Å²) in [5, 5.41) is 3.39. The molecule has 1 N–H and O–H groups in total. The monoisotopic (exact) mass is 157 g/mol. The number of rotatable bonds is 3. The van der Waals surface area contributed by atoms with E-state index in [1.807, 2.05) is 0 Å². The Hall–Kier alpha value is -0.0800. The van der Waals surface area contributed by atoms with E-state index < -0.39 is 0 Å². The minimum Gasteiger partial charge on any atom is -0.377 e. The van der Waals surface area contributed by atoms with Crippen molar-refractivity contribution in [3.8, 4) is 0 Å². The molecule has 0 aromatic rings. The minimum absolute atomic E-state index is 0.478. The number of ether oxygens (including phenoxy) is 1. The summed E-state index contributed by atoms with van der Waals surface area (Å²) < 4.78 is 5.57. The molecule has 1 fully saturated rings. The fourth-order valence-corrected chi connectivity index (χ4v) is 1.34. The lowest BCUT2D eigenvalue weighted by atomic mass is 10.1. The Morgan fingerprint density at radius 3 is 2.82 bits per heavy atom. The third-order valence-electron chi connectivity index (χ3n) is 2.03. The zero-order valence-electron chi connectivity index (χ0n) is 7.60. The maximum atomic E-state index is 5.57. The first-order chi connectivity index (χ1) is 5.29. The van der Waals surface area contributed by atoms with E-state index in [4.69, 9.17) is 4.74 Å². The van der Waals surface area contributed by atoms with Gasteiger partial charge in [0.05, 0.1) is 6.10 Å². The fourth-order valence-electron chi connectivity index (χ4n) is 1.34. The van der Waals surface area contributed by atoms with Crippen LogP contribution in [-0.4, -0.2) is 25.3 Å². The van der Waals surface area contributed by atoms with E-state index in [0.29, 0.717) is 12.1 Å². The van der Waals surface area contributed by atoms with Crippen LogP contribution in [0.15, 0.2) is 0 Å². The molecule has 1 atom stereocenters. The van der Waals surface area contributed by atoms with Gasteiger partial charge in [0.1, 0.15) is 0 Å². The van der Waals surface area contributed by atoms with Crippen LogP contribution in [0, 0.1) is 0 Å². The normalized spacial score (nSPS) is 25.9. The van der Waals surface area contributed by atoms with Crippen LogP contribution in [-0.2, 0) is 4.74 Å². The molecule has 0 aromatic carbocycles. The van der Waals surface area contributed by atoms with Crippen LogP contribution in [0.25, 0.3) is 0 Å². The van der Waals surface area contributed by atoms with Crippen molar-refractivity contribution in [3.63, 3.8) is 0 Å². The van der Waals surface area contributed by atoms with E-state index in [0.717, 1.165) is 13.2 Å². The SMILES string of the molecule is CC(C)NCC1CCCCO1. The van der Waals surface area contributed by atoms with Gasteiger partial charge in [-0.2, -0.15) is 0 Å². The molecule has 0 bridgehead atoms. The van der Waals surface area contributed by atoms with Gasteiger partial charge < -0.3 is 10.1 Å². The molecular weight excluding hydrogens is 138 g/mol. The topological polar surface area (TPSA) is 21.3 Å². The third kappa shape index (κ3) is 3.73. The molecule has 1 rings (SSSR count). The molecular formula is C9H19NO. The lowest BCUT2D eigenvalue weighted by Gasteiger charge is -2.23. The Bertz CT molecular complexity index is 97.7. The Morgan fingerprint density at radius 1 is 1.45 bits per heavy atom. The van der Waals surface area contributed by atoms with Gasteiger partial charge in [0, 0.05) is 19.2 Å². The molecule has 2 nitrogen and oxygen atoms in total. The average molecular weight is 157 g/mol. The van der Waals surface area contributed by atoms with Gasteiger partial charge in [-0.1, -0.05) is 13.8 Å². The number of nitrogens with one attached hydrogen (secondary N) is 1. The quantitative estimate of drug-likeness (QED) is 0.671. The summed E-state index contributed by atoms with van der Waals surface area (Å²) >= 11 is 0. The van der Waals surface area contributed by atoms with Crippen molar-refractivity contribution in [1.82, 2.24) is 5.32 Å². The first kappa shape index (κ1) is 9.01. The number of hydrogen-bond acceptors (Lipinski definition) is 2. The van der Waals surface area contributed by atoms with Crippen LogP contribution >= 0.6 is 0 Å². The van der Waals surface area contributed by atoms with Gasteiger partial charge in [0.25, 0.3) is 0 Å². The first-order valence-electron chi connectivity index (χ1n) is 4.64. The summed E-state index contributed by atoms with van der Waals surface area (Å²) in [5.74, 6) is 0. The van der Waals surface area contributed by atoms with Crippen LogP contribution in [0.4, 0.5) is 0 Å². The van der Waals surface area contributed by atoms with Crippen molar-refractivity contribution >= 4 is 0 Å². The maximum Gasteiger partial charge on any atom is 0.0699 e. The van der Waals surface area contributed by atoms with Crippen LogP contribution in [0.2, 0.25) is 0 Å². The van der Waals surface area contributed by atoms with Crippen LogP contribution in [0.1, 0.15) is 33.1 Å². The predicted octanol–water partition coefficient (Wildman–Crippen LogP) is 1.55. The van der Waals surface area contributed by atoms with E-state index in [-0.39, 0.29) is 0 Å². The summed E-state index contributed by atoms with van der Waals surface area (Å²) in [7, 11) is 0. The maximum absolute atomic E-state index is 5.57. The van der Waals surface area contributed by atoms with Gasteiger partial charge in [0.2, 0.25) is 0 Å². The average Bonchev–Trinajstić information content (AvgIpc) is 2.03. The molecule has 2 heteroatoms. The van der Waals surface area contributed by atoms with Crippen LogP contribution in [0.3, 0.4) is 0 Å². The summed E-state index contributed by atoms with van der Waals surface area (Å²) in [5.41, 5.74) is 0. The van der Waals surface area contributed by atoms with Gasteiger partial charge in [-0.25, -0.2) is 0 Å². The molecule has 0 aromatic heterocycles. The zero-order chi connectivity index (χ0) is 8.10. The summed E-state index contributed by atoms with van der Waals surface area (Å²) in [6.07, 6.45) is 4.30. The molecule has 0 spiro atoms. The van der Waals surface area contributed by atoms with Gasteiger partial charge in [-0.05, 0) is 19.3 Å². The van der Waals surface area contributed by atoms with Gasteiger partial charge in [0.15, 0.2) is 0 Å². The molecule has 0 radical (unpaired) electrons. The lowest BCUT2D eigenvalue weighted by molar-refractivity contribution is 0.0159. The fraction of sp³-hybridized carbons (Fsp3) is 1.00. The lowest BCUT2D eigenvalue weighted by Crippen LogP contribution is -2.35. The molecule has 1 saturated heterocycles. The van der Waals surface area contributed by atoms with Crippen molar-refractivity contribution in [2.45, 2.75) is 45.3 Å². The molecule has 1 heterocycles. The molecule has 66 valence electrons. The molecule has 0 amide bonds. The van der Waals surface area contributed by atoms with Crippen molar-refractivity contribution in [2.24, 2.45) is 0 Å². The summed E-state index contributed by atoms with van der Waals surface area (Å²) in [6.45, 7) is 6.33. The number of hydrogen-bond donors (Lipinski definition) is 1. The Morgan fingerprint density at radius 2 is 2.27 bits per heavy atom. The molecule has 1 unspecified atom stereocenters. The molecule has 1 aliphatic rings. The highest BCUT2D eigenvalue weighted by Crippen LogP contribution is 2.11. The summed E-state index contributed by atoms with van der Waals surface area (Å²) in [6, 6.07) is 0.584. The highest BCUT2D eigenvalue weighted by molar-refractivity contribution is 4.67. The largest absolute Gasteiger partial charge is 0.377 e. The van der Waals surface area contributed by atoms with Crippen molar-refractivity contribution in [3.05, 3.63) is 0 Å². The van der Waals surface area contributed by atoms with Crippen molar-refractivity contribution in [2.75, 3.05) is 13.2 Å². The summed E-state index contributed by atoms with van der Waals surface area (Å²) in [4.78, 5) is 0. The second kappa shape index (κ2) is 4.73. The van der Waals surface area contributed by atoms with E-state index in [2.05, 4.69) is 19.2 Å². The first-order valence-corrected chi connectivity index (χ1v) is 4.64. The molecule has 11 heavy (non-hydrogen) atoms. The van der Waals surface area contributed by atoms with E-state index in [9.17, 15) is 0 Å². The van der Waals surface area contributed by atoms with Crippen molar-refractivity contribution in [1.29, 1.82) is 0 Å². The molecule has 1 aliphatic heterocycles. The smallest absolute Gasteiger partial charge is 0.0699 e. The zero-order valence-corrected chi connectivity index (χ0v) is 7.60. The van der Waals surface area contributed by atoms with Crippen molar-refractivity contribution < 1.29 is 4.74 Å². The highest BCUT2D eigenvalue weighted by atomic mass is 16.5. The van der Waals surface area contributed by atoms with E-state index in [1.54, 1.807) is 0 Å². The Kier molecular flexibility index (Phi) is 3.87. The second-order valence-corrected chi connectivity index (χ2v) is 3.55.